The van der Waals surface area contributed by atoms with Crippen molar-refractivity contribution in [2.75, 3.05) is 13.6 Å². The number of nitrogens with two attached hydrogens (primary N) is 1. The lowest BCUT2D eigenvalue weighted by Gasteiger charge is -2.45. The lowest BCUT2D eigenvalue weighted by molar-refractivity contribution is 0.134. The van der Waals surface area contributed by atoms with Crippen LogP contribution < -0.4 is 5.73 Å². The molecule has 0 unspecified atom stereocenters. The molecule has 2 aliphatic carbocycles. The van der Waals surface area contributed by atoms with Crippen LogP contribution in [-0.2, 0) is 10.0 Å². The fraction of sp³-hybridized carbons (Fsp3) is 1.00. The molecule has 5 heteroatoms. The maximum Gasteiger partial charge on any atom is 0.217 e. The molecule has 2 fully saturated rings. The summed E-state index contributed by atoms with van der Waals surface area (Å²) < 4.78 is 27.2. The Morgan fingerprint density at radius 1 is 1.16 bits per heavy atom. The Labute approximate surface area is 117 Å². The van der Waals surface area contributed by atoms with Crippen molar-refractivity contribution in [3.8, 4) is 0 Å². The Morgan fingerprint density at radius 2 is 1.68 bits per heavy atom. The monoisotopic (exact) mass is 288 g/mol. The molecule has 0 aliphatic heterocycles. The van der Waals surface area contributed by atoms with Crippen LogP contribution in [0.25, 0.3) is 0 Å². The van der Waals surface area contributed by atoms with Gasteiger partial charge in [-0.25, -0.2) is 8.42 Å². The number of rotatable bonds is 4. The molecule has 2 N–H and O–H groups in total. The molecular weight excluding hydrogens is 260 g/mol. The van der Waals surface area contributed by atoms with Crippen molar-refractivity contribution < 1.29 is 8.42 Å². The van der Waals surface area contributed by atoms with Crippen LogP contribution in [0.4, 0.5) is 0 Å². The van der Waals surface area contributed by atoms with Crippen LogP contribution in [-0.4, -0.2) is 37.1 Å². The van der Waals surface area contributed by atoms with Crippen LogP contribution in [0.15, 0.2) is 0 Å². The van der Waals surface area contributed by atoms with Gasteiger partial charge in [0.15, 0.2) is 0 Å². The molecule has 0 aromatic heterocycles. The third-order valence-electron chi connectivity index (χ3n) is 5.36. The van der Waals surface area contributed by atoms with E-state index in [2.05, 4.69) is 6.92 Å². The van der Waals surface area contributed by atoms with Crippen LogP contribution in [0.3, 0.4) is 0 Å². The Bertz CT molecular complexity index is 394. The lowest BCUT2D eigenvalue weighted by Crippen LogP contribution is -2.57. The Balaban J connectivity index is 2.18. The summed E-state index contributed by atoms with van der Waals surface area (Å²) in [6.07, 6.45) is 7.73. The molecule has 2 saturated carbocycles. The Kier molecular flexibility index (Phi) is 4.58. The van der Waals surface area contributed by atoms with E-state index in [4.69, 9.17) is 5.73 Å². The summed E-state index contributed by atoms with van der Waals surface area (Å²) in [4.78, 5) is 0. The second-order valence-electron chi connectivity index (χ2n) is 6.53. The van der Waals surface area contributed by atoms with Gasteiger partial charge in [0.25, 0.3) is 0 Å². The first-order valence-corrected chi connectivity index (χ1v) is 9.10. The minimum absolute atomic E-state index is 0.166. The fourth-order valence-electron chi connectivity index (χ4n) is 3.63. The zero-order valence-corrected chi connectivity index (χ0v) is 13.1. The summed E-state index contributed by atoms with van der Waals surface area (Å²) in [5, 5.41) is -0.166. The van der Waals surface area contributed by atoms with E-state index < -0.39 is 10.0 Å². The zero-order valence-electron chi connectivity index (χ0n) is 12.3. The first-order chi connectivity index (χ1) is 8.92. The molecule has 0 spiro atoms. The highest BCUT2D eigenvalue weighted by Gasteiger charge is 2.45. The van der Waals surface area contributed by atoms with Gasteiger partial charge in [0.2, 0.25) is 10.0 Å². The van der Waals surface area contributed by atoms with E-state index in [0.29, 0.717) is 12.5 Å². The highest BCUT2D eigenvalue weighted by Crippen LogP contribution is 2.38. The number of sulfonamides is 1. The summed E-state index contributed by atoms with van der Waals surface area (Å²) in [7, 11) is -1.41. The minimum atomic E-state index is -3.17. The molecule has 0 atom stereocenters. The summed E-state index contributed by atoms with van der Waals surface area (Å²) >= 11 is 0. The number of hydrogen-bond donors (Lipinski definition) is 1. The van der Waals surface area contributed by atoms with Crippen molar-refractivity contribution in [3.63, 3.8) is 0 Å². The van der Waals surface area contributed by atoms with Gasteiger partial charge in [0.1, 0.15) is 0 Å². The van der Waals surface area contributed by atoms with E-state index in [1.54, 1.807) is 11.4 Å². The summed E-state index contributed by atoms with van der Waals surface area (Å²) in [5.41, 5.74) is 5.65. The second kappa shape index (κ2) is 5.70. The molecule has 2 rings (SSSR count). The number of nitrogens with zero attached hydrogens (tertiary/aromatic N) is 1. The lowest BCUT2D eigenvalue weighted by atomic mass is 9.77. The molecule has 0 saturated heterocycles. The van der Waals surface area contributed by atoms with Gasteiger partial charge < -0.3 is 5.73 Å². The quantitative estimate of drug-likeness (QED) is 0.861. The number of likely N-dealkylation sites (N-methyl/N-ethyl adjacent to an activating group) is 1. The Morgan fingerprint density at radius 3 is 2.16 bits per heavy atom. The SMILES string of the molecule is CC1CCC(CN)(N(C)S(=O)(=O)C2CCCC2)CC1. The average Bonchev–Trinajstić information content (AvgIpc) is 2.94. The van der Waals surface area contributed by atoms with Crippen molar-refractivity contribution in [2.24, 2.45) is 11.7 Å². The minimum Gasteiger partial charge on any atom is -0.329 e. The summed E-state index contributed by atoms with van der Waals surface area (Å²) in [6, 6.07) is 0. The van der Waals surface area contributed by atoms with Gasteiger partial charge >= 0.3 is 0 Å². The van der Waals surface area contributed by atoms with Crippen LogP contribution >= 0.6 is 0 Å². The van der Waals surface area contributed by atoms with Crippen molar-refractivity contribution in [3.05, 3.63) is 0 Å². The van der Waals surface area contributed by atoms with Gasteiger partial charge in [-0.15, -0.1) is 0 Å². The second-order valence-corrected chi connectivity index (χ2v) is 8.77. The first-order valence-electron chi connectivity index (χ1n) is 7.60. The van der Waals surface area contributed by atoms with Crippen molar-refractivity contribution in [2.45, 2.75) is 69.1 Å². The highest BCUT2D eigenvalue weighted by atomic mass is 32.2. The maximum atomic E-state index is 12.7. The smallest absolute Gasteiger partial charge is 0.217 e. The Hall–Kier alpha value is -0.130. The van der Waals surface area contributed by atoms with Crippen LogP contribution in [0.5, 0.6) is 0 Å². The zero-order chi connectivity index (χ0) is 14.1. The maximum absolute atomic E-state index is 12.7. The first kappa shape index (κ1) is 15.3. The van der Waals surface area contributed by atoms with Crippen molar-refractivity contribution in [1.82, 2.24) is 4.31 Å². The molecule has 0 bridgehead atoms. The number of hydrogen-bond acceptors (Lipinski definition) is 3. The predicted octanol–water partition coefficient (Wildman–Crippen LogP) is 2.10. The van der Waals surface area contributed by atoms with E-state index in [1.807, 2.05) is 0 Å². The van der Waals surface area contributed by atoms with Gasteiger partial charge in [-0.1, -0.05) is 19.8 Å². The topological polar surface area (TPSA) is 63.4 Å². The largest absolute Gasteiger partial charge is 0.329 e. The van der Waals surface area contributed by atoms with Crippen molar-refractivity contribution >= 4 is 10.0 Å². The summed E-state index contributed by atoms with van der Waals surface area (Å²) in [6.45, 7) is 2.69. The average molecular weight is 288 g/mol. The molecule has 19 heavy (non-hydrogen) atoms. The molecule has 2 aliphatic rings. The van der Waals surface area contributed by atoms with Gasteiger partial charge in [-0.05, 0) is 44.4 Å². The highest BCUT2D eigenvalue weighted by molar-refractivity contribution is 7.89. The van der Waals surface area contributed by atoms with Gasteiger partial charge in [-0.2, -0.15) is 4.31 Å². The molecule has 4 nitrogen and oxygen atoms in total. The van der Waals surface area contributed by atoms with E-state index >= 15 is 0 Å². The van der Waals surface area contributed by atoms with E-state index in [1.165, 1.54) is 0 Å². The third-order valence-corrected chi connectivity index (χ3v) is 7.82. The van der Waals surface area contributed by atoms with Crippen LogP contribution in [0, 0.1) is 5.92 Å². The van der Waals surface area contributed by atoms with E-state index in [-0.39, 0.29) is 10.8 Å². The van der Waals surface area contributed by atoms with Crippen LogP contribution in [0.1, 0.15) is 58.3 Å². The molecule has 112 valence electrons. The normalized spacial score (nSPS) is 34.0. The standard InChI is InChI=1S/C14H28N2O2S/c1-12-7-9-14(11-15,10-8-12)16(2)19(17,18)13-5-3-4-6-13/h12-13H,3-11,15H2,1-2H3. The van der Waals surface area contributed by atoms with Crippen molar-refractivity contribution in [1.29, 1.82) is 0 Å². The van der Waals surface area contributed by atoms with Gasteiger partial charge in [0, 0.05) is 19.1 Å². The third kappa shape index (κ3) is 2.83. The molecule has 0 aromatic carbocycles. The molecule has 0 amide bonds. The van der Waals surface area contributed by atoms with Gasteiger partial charge in [-0.3, -0.25) is 0 Å². The van der Waals surface area contributed by atoms with Crippen LogP contribution in [0.2, 0.25) is 0 Å². The molecule has 0 aromatic rings. The molecule has 0 heterocycles. The fourth-order valence-corrected chi connectivity index (χ4v) is 5.80. The molecular formula is C14H28N2O2S. The predicted molar refractivity (Wildman–Crippen MR) is 78.4 cm³/mol. The van der Waals surface area contributed by atoms with Gasteiger partial charge in [0.05, 0.1) is 5.25 Å². The van der Waals surface area contributed by atoms with E-state index in [0.717, 1.165) is 51.4 Å². The van der Waals surface area contributed by atoms with E-state index in [9.17, 15) is 8.42 Å². The summed E-state index contributed by atoms with van der Waals surface area (Å²) in [5.74, 6) is 0.697. The molecule has 0 radical (unpaired) electrons.